The second-order valence-corrected chi connectivity index (χ2v) is 6.47. The number of carbonyl (C=O) groups is 1. The second kappa shape index (κ2) is 7.00. The highest BCUT2D eigenvalue weighted by Gasteiger charge is 2.18. The SMILES string of the molecule is CC(C)Nc1cc(C(=O)O)c(O)c2ncc(Cc3ccc(F)cc3)cc12. The molecule has 0 unspecified atom stereocenters. The van der Waals surface area contributed by atoms with Crippen LogP contribution in [-0.2, 0) is 6.42 Å². The minimum atomic E-state index is -1.21. The topological polar surface area (TPSA) is 82.5 Å². The van der Waals surface area contributed by atoms with Gasteiger partial charge in [-0.2, -0.15) is 0 Å². The van der Waals surface area contributed by atoms with E-state index < -0.39 is 5.97 Å². The maximum absolute atomic E-state index is 13.1. The second-order valence-electron chi connectivity index (χ2n) is 6.47. The number of nitrogens with zero attached hydrogens (tertiary/aromatic N) is 1. The molecule has 0 atom stereocenters. The molecule has 3 rings (SSSR count). The van der Waals surface area contributed by atoms with E-state index >= 15 is 0 Å². The number of nitrogens with one attached hydrogen (secondary N) is 1. The first kappa shape index (κ1) is 17.7. The molecule has 6 heteroatoms. The number of phenols is 1. The van der Waals surface area contributed by atoms with Crippen molar-refractivity contribution in [3.63, 3.8) is 0 Å². The number of aromatic hydroxyl groups is 1. The van der Waals surface area contributed by atoms with Crippen molar-refractivity contribution in [2.45, 2.75) is 26.3 Å². The molecular formula is C20H19FN2O3. The van der Waals surface area contributed by atoms with Crippen molar-refractivity contribution in [3.05, 3.63) is 65.1 Å². The summed E-state index contributed by atoms with van der Waals surface area (Å²) in [5.74, 6) is -1.86. The zero-order chi connectivity index (χ0) is 18.8. The molecule has 0 amide bonds. The van der Waals surface area contributed by atoms with Crippen LogP contribution < -0.4 is 5.32 Å². The van der Waals surface area contributed by atoms with Gasteiger partial charge in [0.2, 0.25) is 0 Å². The zero-order valence-corrected chi connectivity index (χ0v) is 14.5. The number of aromatic nitrogens is 1. The number of hydrogen-bond donors (Lipinski definition) is 3. The van der Waals surface area contributed by atoms with Crippen LogP contribution in [0.15, 0.2) is 42.6 Å². The zero-order valence-electron chi connectivity index (χ0n) is 14.5. The van der Waals surface area contributed by atoms with Crippen LogP contribution in [0.2, 0.25) is 0 Å². The van der Waals surface area contributed by atoms with Crippen LogP contribution in [0, 0.1) is 5.82 Å². The third-order valence-corrected chi connectivity index (χ3v) is 4.00. The van der Waals surface area contributed by atoms with Crippen molar-refractivity contribution >= 4 is 22.6 Å². The molecule has 26 heavy (non-hydrogen) atoms. The average Bonchev–Trinajstić information content (AvgIpc) is 2.59. The summed E-state index contributed by atoms with van der Waals surface area (Å²) in [4.78, 5) is 15.7. The Morgan fingerprint density at radius 3 is 2.50 bits per heavy atom. The Bertz CT molecular complexity index is 969. The van der Waals surface area contributed by atoms with Crippen LogP contribution in [0.1, 0.15) is 35.3 Å². The van der Waals surface area contributed by atoms with Crippen molar-refractivity contribution in [3.8, 4) is 5.75 Å². The van der Waals surface area contributed by atoms with Crippen LogP contribution >= 0.6 is 0 Å². The summed E-state index contributed by atoms with van der Waals surface area (Å²) in [5, 5.41) is 23.4. The molecule has 0 spiro atoms. The van der Waals surface area contributed by atoms with Gasteiger partial charge in [-0.3, -0.25) is 4.98 Å². The van der Waals surface area contributed by atoms with E-state index in [2.05, 4.69) is 10.3 Å². The highest BCUT2D eigenvalue weighted by atomic mass is 19.1. The molecular weight excluding hydrogens is 335 g/mol. The lowest BCUT2D eigenvalue weighted by Crippen LogP contribution is -2.11. The maximum atomic E-state index is 13.1. The number of halogens is 1. The summed E-state index contributed by atoms with van der Waals surface area (Å²) in [5.41, 5.74) is 2.43. The van der Waals surface area contributed by atoms with Crippen molar-refractivity contribution < 1.29 is 19.4 Å². The quantitative estimate of drug-likeness (QED) is 0.599. The number of hydrogen-bond acceptors (Lipinski definition) is 4. The van der Waals surface area contributed by atoms with Gasteiger partial charge in [-0.05, 0) is 55.7 Å². The van der Waals surface area contributed by atoms with Crippen LogP contribution in [0.5, 0.6) is 5.75 Å². The van der Waals surface area contributed by atoms with Gasteiger partial charge in [-0.15, -0.1) is 0 Å². The van der Waals surface area contributed by atoms with E-state index in [-0.39, 0.29) is 28.7 Å². The van der Waals surface area contributed by atoms with Gasteiger partial charge in [0.05, 0.1) is 0 Å². The van der Waals surface area contributed by atoms with Crippen LogP contribution in [-0.4, -0.2) is 27.2 Å². The van der Waals surface area contributed by atoms with Gasteiger partial charge < -0.3 is 15.5 Å². The van der Waals surface area contributed by atoms with Gasteiger partial charge >= 0.3 is 5.97 Å². The molecule has 1 aromatic heterocycles. The van der Waals surface area contributed by atoms with E-state index in [0.717, 1.165) is 11.1 Å². The fraction of sp³-hybridized carbons (Fsp3) is 0.200. The van der Waals surface area contributed by atoms with E-state index in [0.29, 0.717) is 17.5 Å². The van der Waals surface area contributed by atoms with Crippen LogP contribution in [0.3, 0.4) is 0 Å². The summed E-state index contributed by atoms with van der Waals surface area (Å²) in [7, 11) is 0. The molecule has 134 valence electrons. The lowest BCUT2D eigenvalue weighted by Gasteiger charge is -2.16. The highest BCUT2D eigenvalue weighted by molar-refractivity contribution is 6.04. The summed E-state index contributed by atoms with van der Waals surface area (Å²) >= 11 is 0. The summed E-state index contributed by atoms with van der Waals surface area (Å²) < 4.78 is 13.1. The lowest BCUT2D eigenvalue weighted by molar-refractivity contribution is 0.0694. The molecule has 2 aromatic carbocycles. The van der Waals surface area contributed by atoms with E-state index in [1.165, 1.54) is 18.2 Å². The van der Waals surface area contributed by atoms with Gasteiger partial charge in [-0.25, -0.2) is 9.18 Å². The normalized spacial score (nSPS) is 11.1. The third kappa shape index (κ3) is 3.59. The smallest absolute Gasteiger partial charge is 0.339 e. The number of carboxylic acid groups (broad SMARTS) is 1. The fourth-order valence-electron chi connectivity index (χ4n) is 2.85. The number of aromatic carboxylic acids is 1. The number of benzene rings is 2. The molecule has 0 fully saturated rings. The summed E-state index contributed by atoms with van der Waals surface area (Å²) in [6, 6.07) is 9.58. The van der Waals surface area contributed by atoms with E-state index in [9.17, 15) is 19.4 Å². The van der Waals surface area contributed by atoms with Crippen LogP contribution in [0.4, 0.5) is 10.1 Å². The standard InChI is InChI=1S/C20H19FN2O3/c1-11(2)23-17-9-16(20(25)26)19(24)18-15(17)8-13(10-22-18)7-12-3-5-14(21)6-4-12/h3-6,8-11,23-24H,7H2,1-2H3,(H,25,26). The van der Waals surface area contributed by atoms with Gasteiger partial charge in [0, 0.05) is 23.3 Å². The van der Waals surface area contributed by atoms with Crippen LogP contribution in [0.25, 0.3) is 10.9 Å². The first-order valence-corrected chi connectivity index (χ1v) is 8.24. The minimum absolute atomic E-state index is 0.0742. The number of anilines is 1. The van der Waals surface area contributed by atoms with Gasteiger partial charge in [0.15, 0.2) is 5.75 Å². The predicted octanol–water partition coefficient (Wildman–Crippen LogP) is 4.19. The lowest BCUT2D eigenvalue weighted by atomic mass is 10.0. The van der Waals surface area contributed by atoms with Crippen molar-refractivity contribution in [2.24, 2.45) is 0 Å². The molecule has 3 N–H and O–H groups in total. The average molecular weight is 354 g/mol. The molecule has 0 saturated heterocycles. The molecule has 3 aromatic rings. The Labute approximate surface area is 150 Å². The largest absolute Gasteiger partial charge is 0.505 e. The van der Waals surface area contributed by atoms with E-state index in [1.807, 2.05) is 19.9 Å². The Morgan fingerprint density at radius 2 is 1.88 bits per heavy atom. The highest BCUT2D eigenvalue weighted by Crippen LogP contribution is 2.34. The molecule has 0 saturated carbocycles. The van der Waals surface area contributed by atoms with Gasteiger partial charge in [0.25, 0.3) is 0 Å². The first-order valence-electron chi connectivity index (χ1n) is 8.24. The first-order chi connectivity index (χ1) is 12.3. The van der Waals surface area contributed by atoms with Crippen molar-refractivity contribution in [1.82, 2.24) is 4.98 Å². The number of pyridine rings is 1. The molecule has 0 aliphatic rings. The molecule has 0 radical (unpaired) electrons. The number of fused-ring (bicyclic) bond motifs is 1. The number of carboxylic acids is 1. The van der Waals surface area contributed by atoms with Crippen molar-refractivity contribution in [1.29, 1.82) is 0 Å². The maximum Gasteiger partial charge on any atom is 0.339 e. The van der Waals surface area contributed by atoms with Crippen molar-refractivity contribution in [2.75, 3.05) is 5.32 Å². The Balaban J connectivity index is 2.10. The van der Waals surface area contributed by atoms with Gasteiger partial charge in [-0.1, -0.05) is 12.1 Å². The molecule has 0 aliphatic heterocycles. The monoisotopic (exact) mass is 354 g/mol. The van der Waals surface area contributed by atoms with E-state index in [4.69, 9.17) is 0 Å². The van der Waals surface area contributed by atoms with E-state index in [1.54, 1.807) is 18.3 Å². The Morgan fingerprint density at radius 1 is 1.19 bits per heavy atom. The summed E-state index contributed by atoms with van der Waals surface area (Å²) in [6.07, 6.45) is 2.14. The molecule has 1 heterocycles. The fourth-order valence-corrected chi connectivity index (χ4v) is 2.85. The molecule has 0 bridgehead atoms. The van der Waals surface area contributed by atoms with Gasteiger partial charge in [0.1, 0.15) is 16.9 Å². The predicted molar refractivity (Wildman–Crippen MR) is 98.3 cm³/mol. The summed E-state index contributed by atoms with van der Waals surface area (Å²) in [6.45, 7) is 3.88. The third-order valence-electron chi connectivity index (χ3n) is 4.00. The number of rotatable bonds is 5. The Kier molecular flexibility index (Phi) is 4.75. The molecule has 0 aliphatic carbocycles. The molecule has 5 nitrogen and oxygen atoms in total. The minimum Gasteiger partial charge on any atom is -0.505 e. The Hall–Kier alpha value is -3.15.